The number of hydrogen-bond donors (Lipinski definition) is 2. The monoisotopic (exact) mass is 329 g/mol. The van der Waals surface area contributed by atoms with Crippen LogP contribution in [-0.4, -0.2) is 34.3 Å². The van der Waals surface area contributed by atoms with Gasteiger partial charge in [0.2, 0.25) is 0 Å². The van der Waals surface area contributed by atoms with Crippen molar-refractivity contribution in [3.63, 3.8) is 0 Å². The number of halogens is 1. The zero-order valence-electron chi connectivity index (χ0n) is 12.8. The molecule has 118 valence electrons. The lowest BCUT2D eigenvalue weighted by Gasteiger charge is -2.12. The lowest BCUT2D eigenvalue weighted by atomic mass is 10.0. The first-order valence-electron chi connectivity index (χ1n) is 7.20. The number of aromatic nitrogens is 3. The van der Waals surface area contributed by atoms with Crippen LogP contribution in [0.1, 0.15) is 18.2 Å². The van der Waals surface area contributed by atoms with Gasteiger partial charge in [-0.3, -0.25) is 4.98 Å². The summed E-state index contributed by atoms with van der Waals surface area (Å²) in [4.78, 5) is 17.2. The standard InChI is InChI=1S/C16H16ClN5O/c1-3-23-22-14(15-13(18-2)8-10(17)9-21-15)11-4-6-19-16-12(11)5-7-20-16/h4-9,18H,3H2,1-2H3,(H,19,20)/b22-14+. The van der Waals surface area contributed by atoms with Gasteiger partial charge >= 0.3 is 0 Å². The molecule has 0 fully saturated rings. The molecule has 3 aromatic rings. The Morgan fingerprint density at radius 3 is 3.04 bits per heavy atom. The molecule has 0 spiro atoms. The smallest absolute Gasteiger partial charge is 0.138 e. The molecule has 0 saturated heterocycles. The van der Waals surface area contributed by atoms with Crippen LogP contribution < -0.4 is 5.32 Å². The molecule has 0 amide bonds. The number of H-pyrrole nitrogens is 1. The van der Waals surface area contributed by atoms with E-state index in [1.54, 1.807) is 18.5 Å². The number of pyridine rings is 2. The lowest BCUT2D eigenvalue weighted by molar-refractivity contribution is 0.159. The highest BCUT2D eigenvalue weighted by Crippen LogP contribution is 2.25. The number of aromatic amines is 1. The zero-order chi connectivity index (χ0) is 16.2. The van der Waals surface area contributed by atoms with Crippen molar-refractivity contribution in [1.82, 2.24) is 15.0 Å². The molecular weight excluding hydrogens is 314 g/mol. The predicted octanol–water partition coefficient (Wildman–Crippen LogP) is 3.44. The van der Waals surface area contributed by atoms with Gasteiger partial charge in [-0.2, -0.15) is 0 Å². The number of anilines is 1. The summed E-state index contributed by atoms with van der Waals surface area (Å²) >= 11 is 6.04. The second-order valence-corrected chi connectivity index (χ2v) is 5.19. The summed E-state index contributed by atoms with van der Waals surface area (Å²) in [7, 11) is 1.81. The van der Waals surface area contributed by atoms with Gasteiger partial charge in [0.05, 0.1) is 10.7 Å². The van der Waals surface area contributed by atoms with Gasteiger partial charge in [-0.25, -0.2) is 4.98 Å². The molecule has 0 aliphatic heterocycles. The number of nitrogens with zero attached hydrogens (tertiary/aromatic N) is 3. The number of oxime groups is 1. The first-order valence-corrected chi connectivity index (χ1v) is 7.58. The maximum atomic E-state index is 6.04. The highest BCUT2D eigenvalue weighted by molar-refractivity contribution is 6.31. The van der Waals surface area contributed by atoms with E-state index in [-0.39, 0.29) is 0 Å². The summed E-state index contributed by atoms with van der Waals surface area (Å²) in [6.07, 6.45) is 5.16. The van der Waals surface area contributed by atoms with Gasteiger partial charge in [0, 0.05) is 36.6 Å². The van der Waals surface area contributed by atoms with E-state index in [1.807, 2.05) is 32.3 Å². The van der Waals surface area contributed by atoms with E-state index in [0.717, 1.165) is 22.3 Å². The van der Waals surface area contributed by atoms with Crippen molar-refractivity contribution in [2.45, 2.75) is 6.92 Å². The van der Waals surface area contributed by atoms with Crippen LogP contribution in [-0.2, 0) is 4.84 Å². The van der Waals surface area contributed by atoms with Crippen LogP contribution in [0.4, 0.5) is 5.69 Å². The number of nitrogens with one attached hydrogen (secondary N) is 2. The van der Waals surface area contributed by atoms with Crippen molar-refractivity contribution in [1.29, 1.82) is 0 Å². The topological polar surface area (TPSA) is 75.2 Å². The van der Waals surface area contributed by atoms with Crippen LogP contribution >= 0.6 is 11.6 Å². The number of hydrogen-bond acceptors (Lipinski definition) is 5. The van der Waals surface area contributed by atoms with Crippen molar-refractivity contribution >= 4 is 34.0 Å². The Labute approximate surface area is 138 Å². The Bertz CT molecular complexity index is 859. The molecule has 3 heterocycles. The molecule has 3 rings (SSSR count). The molecule has 7 heteroatoms. The Kier molecular flexibility index (Phi) is 4.43. The highest BCUT2D eigenvalue weighted by atomic mass is 35.5. The minimum absolute atomic E-state index is 0.466. The predicted molar refractivity (Wildman–Crippen MR) is 92.2 cm³/mol. The van der Waals surface area contributed by atoms with Gasteiger partial charge in [-0.15, -0.1) is 0 Å². The molecule has 0 aromatic carbocycles. The van der Waals surface area contributed by atoms with E-state index in [4.69, 9.17) is 16.4 Å². The zero-order valence-corrected chi connectivity index (χ0v) is 13.6. The Balaban J connectivity index is 2.22. The van der Waals surface area contributed by atoms with Gasteiger partial charge in [0.25, 0.3) is 0 Å². The average Bonchev–Trinajstić information content (AvgIpc) is 3.05. The van der Waals surface area contributed by atoms with Crippen molar-refractivity contribution in [2.75, 3.05) is 19.0 Å². The first kappa shape index (κ1) is 15.3. The molecule has 0 unspecified atom stereocenters. The van der Waals surface area contributed by atoms with Crippen LogP contribution in [0.5, 0.6) is 0 Å². The maximum Gasteiger partial charge on any atom is 0.138 e. The fraction of sp³-hybridized carbons (Fsp3) is 0.188. The van der Waals surface area contributed by atoms with Crippen LogP contribution in [0.2, 0.25) is 5.02 Å². The molecule has 0 bridgehead atoms. The van der Waals surface area contributed by atoms with E-state index >= 15 is 0 Å². The van der Waals surface area contributed by atoms with Crippen molar-refractivity contribution in [3.8, 4) is 0 Å². The summed E-state index contributed by atoms with van der Waals surface area (Å²) < 4.78 is 0. The molecule has 2 N–H and O–H groups in total. The van der Waals surface area contributed by atoms with Crippen molar-refractivity contribution in [3.05, 3.63) is 53.1 Å². The third-order valence-corrected chi connectivity index (χ3v) is 3.55. The maximum absolute atomic E-state index is 6.04. The van der Waals surface area contributed by atoms with Crippen LogP contribution in [0.15, 0.2) is 41.9 Å². The summed E-state index contributed by atoms with van der Waals surface area (Å²) in [5.41, 5.74) is 3.73. The van der Waals surface area contributed by atoms with E-state index in [9.17, 15) is 0 Å². The molecule has 0 radical (unpaired) electrons. The fourth-order valence-electron chi connectivity index (χ4n) is 2.33. The van der Waals surface area contributed by atoms with Gasteiger partial charge in [0.15, 0.2) is 0 Å². The summed E-state index contributed by atoms with van der Waals surface area (Å²) in [5.74, 6) is 0. The molecular formula is C16H16ClN5O. The minimum Gasteiger partial charge on any atom is -0.396 e. The number of fused-ring (bicyclic) bond motifs is 1. The lowest BCUT2D eigenvalue weighted by Crippen LogP contribution is -2.11. The average molecular weight is 330 g/mol. The van der Waals surface area contributed by atoms with Crippen LogP contribution in [0.3, 0.4) is 0 Å². The molecule has 23 heavy (non-hydrogen) atoms. The molecule has 0 saturated carbocycles. The summed E-state index contributed by atoms with van der Waals surface area (Å²) in [6.45, 7) is 2.35. The molecule has 0 aliphatic carbocycles. The molecule has 0 atom stereocenters. The molecule has 6 nitrogen and oxygen atoms in total. The summed E-state index contributed by atoms with van der Waals surface area (Å²) in [6, 6.07) is 5.65. The van der Waals surface area contributed by atoms with E-state index in [2.05, 4.69) is 25.4 Å². The Morgan fingerprint density at radius 2 is 2.26 bits per heavy atom. The van der Waals surface area contributed by atoms with Gasteiger partial charge in [0.1, 0.15) is 23.7 Å². The van der Waals surface area contributed by atoms with E-state index in [1.165, 1.54) is 0 Å². The fourth-order valence-corrected chi connectivity index (χ4v) is 2.49. The van der Waals surface area contributed by atoms with E-state index in [0.29, 0.717) is 23.0 Å². The van der Waals surface area contributed by atoms with Crippen molar-refractivity contribution in [2.24, 2.45) is 5.16 Å². The van der Waals surface area contributed by atoms with Gasteiger partial charge < -0.3 is 15.1 Å². The second kappa shape index (κ2) is 6.66. The Hall–Kier alpha value is -2.60. The van der Waals surface area contributed by atoms with Crippen LogP contribution in [0, 0.1) is 0 Å². The summed E-state index contributed by atoms with van der Waals surface area (Å²) in [5, 5.41) is 8.88. The Morgan fingerprint density at radius 1 is 1.39 bits per heavy atom. The largest absolute Gasteiger partial charge is 0.396 e. The van der Waals surface area contributed by atoms with Gasteiger partial charge in [-0.05, 0) is 25.1 Å². The quantitative estimate of drug-likeness (QED) is 0.555. The van der Waals surface area contributed by atoms with Gasteiger partial charge in [-0.1, -0.05) is 16.8 Å². The second-order valence-electron chi connectivity index (χ2n) is 4.76. The first-order chi connectivity index (χ1) is 11.2. The minimum atomic E-state index is 0.466. The number of rotatable bonds is 5. The highest BCUT2D eigenvalue weighted by Gasteiger charge is 2.18. The molecule has 0 aliphatic rings. The van der Waals surface area contributed by atoms with Crippen LogP contribution in [0.25, 0.3) is 11.0 Å². The normalized spacial score (nSPS) is 11.7. The van der Waals surface area contributed by atoms with Crippen molar-refractivity contribution < 1.29 is 4.84 Å². The van der Waals surface area contributed by atoms with E-state index < -0.39 is 0 Å². The molecule has 3 aromatic heterocycles. The SMILES string of the molecule is CCO/N=C(/c1ncc(Cl)cc1NC)c1ccnc2[nH]ccc12. The third kappa shape index (κ3) is 2.98. The third-order valence-electron chi connectivity index (χ3n) is 3.35.